The Labute approximate surface area is 288 Å². The maximum absolute atomic E-state index is 5.70. The summed E-state index contributed by atoms with van der Waals surface area (Å²) in [5.41, 5.74) is 15.6. The number of nitrogens with zero attached hydrogens (tertiary/aromatic N) is 4. The van der Waals surface area contributed by atoms with E-state index in [4.69, 9.17) is 4.99 Å². The zero-order valence-corrected chi connectivity index (χ0v) is 27.8. The van der Waals surface area contributed by atoms with Gasteiger partial charge in [0.15, 0.2) is 0 Å². The topological polar surface area (TPSA) is 35.8 Å². The first kappa shape index (κ1) is 28.5. The summed E-state index contributed by atoms with van der Waals surface area (Å²) in [6, 6.07) is 27.2. The first-order valence-electron chi connectivity index (χ1n) is 17.8. The number of likely N-dealkylation sites (N-methyl/N-ethyl adjacent to an activating group) is 1. The molecule has 6 aliphatic rings. The van der Waals surface area contributed by atoms with Gasteiger partial charge in [0.2, 0.25) is 5.96 Å². The molecule has 0 saturated heterocycles. The third kappa shape index (κ3) is 4.34. The molecule has 0 spiro atoms. The summed E-state index contributed by atoms with van der Waals surface area (Å²) in [5.74, 6) is 0.906. The van der Waals surface area contributed by atoms with E-state index in [0.717, 1.165) is 44.5 Å². The minimum atomic E-state index is 0.0117. The van der Waals surface area contributed by atoms with Crippen molar-refractivity contribution in [3.8, 4) is 11.1 Å². The van der Waals surface area contributed by atoms with E-state index in [1.807, 2.05) is 0 Å². The van der Waals surface area contributed by atoms with Crippen LogP contribution in [0.4, 0.5) is 5.69 Å². The molecule has 2 unspecified atom stereocenters. The summed E-state index contributed by atoms with van der Waals surface area (Å²) in [4.78, 5) is 10.6. The number of anilines is 1. The number of rotatable bonds is 2. The molecular weight excluding hydrogens is 599 g/mol. The third-order valence-corrected chi connectivity index (χ3v) is 11.1. The maximum Gasteiger partial charge on any atom is 0.208 e. The number of para-hydroxylation sites is 2. The van der Waals surface area contributed by atoms with Crippen LogP contribution in [0.3, 0.4) is 0 Å². The van der Waals surface area contributed by atoms with Crippen LogP contribution < -0.4 is 10.2 Å². The van der Waals surface area contributed by atoms with E-state index in [2.05, 4.69) is 154 Å². The van der Waals surface area contributed by atoms with Gasteiger partial charge >= 0.3 is 0 Å². The van der Waals surface area contributed by atoms with Gasteiger partial charge in [-0.05, 0) is 97.3 Å². The standard InChI is InChI=1S/C44H39N5/c1-47-28-14-13-25-40(47)42-35-21-7-10-22-36(35)45-44(46-42)49-38-24-12-9-19-32(38)34-26-27-39-41(43(34)49)33-20-6-5-17-30(33)31-18-8-11-23-37(31)48(39)29-15-3-2-4-16-29/h2-3,5-6,8-15,17-20,22-25,28,40,42H,4,7,16,21,26-27H2,1H3,(H,45,46). The second-order valence-electron chi connectivity index (χ2n) is 13.8. The highest BCUT2D eigenvalue weighted by molar-refractivity contribution is 6.07. The third-order valence-electron chi connectivity index (χ3n) is 11.1. The van der Waals surface area contributed by atoms with Gasteiger partial charge in [0.25, 0.3) is 0 Å². The van der Waals surface area contributed by atoms with E-state index in [-0.39, 0.29) is 12.1 Å². The SMILES string of the molecule is CN1C=CC=CC1C1N=C(n2c3c(c4ccccc42)CCC2=C3c3ccccc3-c3ccccc3N2C2=CC=CCC2)NC2=C1CCC=C2. The molecule has 10 rings (SSSR count). The van der Waals surface area contributed by atoms with Gasteiger partial charge in [-0.1, -0.05) is 91.0 Å². The average molecular weight is 638 g/mol. The fourth-order valence-electron chi connectivity index (χ4n) is 8.93. The van der Waals surface area contributed by atoms with Crippen LogP contribution >= 0.6 is 0 Å². The van der Waals surface area contributed by atoms with Crippen LogP contribution in [0.25, 0.3) is 27.6 Å². The van der Waals surface area contributed by atoms with Crippen molar-refractivity contribution >= 4 is 28.1 Å². The zero-order chi connectivity index (χ0) is 32.5. The summed E-state index contributed by atoms with van der Waals surface area (Å²) in [5, 5.41) is 5.21. The largest absolute Gasteiger partial charge is 0.372 e. The Morgan fingerprint density at radius 1 is 0.776 bits per heavy atom. The van der Waals surface area contributed by atoms with Crippen molar-refractivity contribution in [2.24, 2.45) is 4.99 Å². The summed E-state index contributed by atoms with van der Waals surface area (Å²) < 4.78 is 2.47. The second kappa shape index (κ2) is 11.3. The number of hydrogen-bond acceptors (Lipinski definition) is 4. The first-order valence-corrected chi connectivity index (χ1v) is 17.8. The Kier molecular flexibility index (Phi) is 6.55. The average Bonchev–Trinajstić information content (AvgIpc) is 3.43. The summed E-state index contributed by atoms with van der Waals surface area (Å²) in [6.07, 6.45) is 26.3. The molecule has 3 aliphatic carbocycles. The molecule has 0 amide bonds. The van der Waals surface area contributed by atoms with Gasteiger partial charge in [0.05, 0.1) is 22.9 Å². The first-order chi connectivity index (χ1) is 24.3. The van der Waals surface area contributed by atoms with Crippen LogP contribution in [0.1, 0.15) is 48.9 Å². The molecule has 4 aromatic rings. The molecule has 240 valence electrons. The maximum atomic E-state index is 5.70. The zero-order valence-electron chi connectivity index (χ0n) is 27.8. The molecule has 5 nitrogen and oxygen atoms in total. The van der Waals surface area contributed by atoms with Gasteiger partial charge in [0.1, 0.15) is 6.04 Å². The molecule has 0 saturated carbocycles. The number of fused-ring (bicyclic) bond motifs is 8. The molecule has 2 atom stereocenters. The lowest BCUT2D eigenvalue weighted by atomic mass is 9.85. The number of benzene rings is 3. The quantitative estimate of drug-likeness (QED) is 0.238. The molecule has 0 bridgehead atoms. The van der Waals surface area contributed by atoms with Gasteiger partial charge in [0, 0.05) is 40.7 Å². The molecule has 0 fully saturated rings. The predicted octanol–water partition coefficient (Wildman–Crippen LogP) is 9.23. The van der Waals surface area contributed by atoms with Gasteiger partial charge in [-0.2, -0.15) is 0 Å². The lowest BCUT2D eigenvalue weighted by Crippen LogP contribution is -2.45. The van der Waals surface area contributed by atoms with Crippen molar-refractivity contribution < 1.29 is 0 Å². The lowest BCUT2D eigenvalue weighted by Gasteiger charge is -2.38. The molecule has 3 aromatic carbocycles. The lowest BCUT2D eigenvalue weighted by molar-refractivity contribution is 0.343. The van der Waals surface area contributed by atoms with Crippen molar-refractivity contribution in [2.45, 2.75) is 50.6 Å². The summed E-state index contributed by atoms with van der Waals surface area (Å²) >= 11 is 0. The number of allylic oxidation sites excluding steroid dienone is 9. The number of nitrogens with one attached hydrogen (secondary N) is 1. The van der Waals surface area contributed by atoms with E-state index in [0.29, 0.717) is 0 Å². The van der Waals surface area contributed by atoms with Crippen LogP contribution in [0.5, 0.6) is 0 Å². The van der Waals surface area contributed by atoms with Crippen molar-refractivity contribution in [2.75, 3.05) is 11.9 Å². The molecule has 1 N–H and O–H groups in total. The molecule has 49 heavy (non-hydrogen) atoms. The second-order valence-corrected chi connectivity index (χ2v) is 13.8. The van der Waals surface area contributed by atoms with E-state index < -0.39 is 0 Å². The molecule has 0 radical (unpaired) electrons. The normalized spacial score (nSPS) is 22.1. The summed E-state index contributed by atoms with van der Waals surface area (Å²) in [6.45, 7) is 0. The van der Waals surface area contributed by atoms with Crippen LogP contribution in [-0.4, -0.2) is 34.6 Å². The molecular formula is C44H39N5. The van der Waals surface area contributed by atoms with Crippen LogP contribution in [0.2, 0.25) is 0 Å². The van der Waals surface area contributed by atoms with Crippen molar-refractivity contribution in [3.05, 3.63) is 167 Å². The Morgan fingerprint density at radius 3 is 2.47 bits per heavy atom. The van der Waals surface area contributed by atoms with Crippen molar-refractivity contribution in [1.29, 1.82) is 0 Å². The van der Waals surface area contributed by atoms with Gasteiger partial charge in [-0.15, -0.1) is 0 Å². The Morgan fingerprint density at radius 2 is 1.59 bits per heavy atom. The highest BCUT2D eigenvalue weighted by atomic mass is 15.3. The fraction of sp³-hybridized carbons (Fsp3) is 0.205. The van der Waals surface area contributed by atoms with Gasteiger partial charge < -0.3 is 15.1 Å². The van der Waals surface area contributed by atoms with Crippen LogP contribution in [-0.2, 0) is 6.42 Å². The minimum absolute atomic E-state index is 0.0117. The predicted molar refractivity (Wildman–Crippen MR) is 202 cm³/mol. The monoisotopic (exact) mass is 637 g/mol. The van der Waals surface area contributed by atoms with Gasteiger partial charge in [-0.3, -0.25) is 4.57 Å². The van der Waals surface area contributed by atoms with Gasteiger partial charge in [-0.25, -0.2) is 4.99 Å². The van der Waals surface area contributed by atoms with E-state index in [1.54, 1.807) is 0 Å². The Bertz CT molecular complexity index is 2300. The van der Waals surface area contributed by atoms with Crippen LogP contribution in [0, 0.1) is 0 Å². The number of aliphatic imine (C=N–C) groups is 1. The van der Waals surface area contributed by atoms with Crippen molar-refractivity contribution in [1.82, 2.24) is 14.8 Å². The molecule has 5 heteroatoms. The van der Waals surface area contributed by atoms with E-state index in [1.165, 1.54) is 72.8 Å². The highest BCUT2D eigenvalue weighted by Crippen LogP contribution is 2.51. The van der Waals surface area contributed by atoms with E-state index >= 15 is 0 Å². The smallest absolute Gasteiger partial charge is 0.208 e. The summed E-state index contributed by atoms with van der Waals surface area (Å²) in [7, 11) is 2.18. The highest BCUT2D eigenvalue weighted by Gasteiger charge is 2.38. The number of hydrogen-bond donors (Lipinski definition) is 1. The number of aryl methyl sites for hydroxylation is 1. The fourth-order valence-corrected chi connectivity index (χ4v) is 8.93. The Balaban J connectivity index is 1.27. The molecule has 4 heterocycles. The Hall–Kier alpha value is -5.55. The number of aromatic nitrogens is 1. The molecule has 3 aliphatic heterocycles. The van der Waals surface area contributed by atoms with E-state index in [9.17, 15) is 0 Å². The molecule has 1 aromatic heterocycles. The van der Waals surface area contributed by atoms with Crippen molar-refractivity contribution in [3.63, 3.8) is 0 Å². The minimum Gasteiger partial charge on any atom is -0.372 e. The van der Waals surface area contributed by atoms with Crippen LogP contribution in [0.15, 0.2) is 155 Å².